The van der Waals surface area contributed by atoms with Gasteiger partial charge in [0.05, 0.1) is 0 Å². The van der Waals surface area contributed by atoms with Crippen LogP contribution in [-0.4, -0.2) is 55.1 Å². The summed E-state index contributed by atoms with van der Waals surface area (Å²) >= 11 is 0. The minimum atomic E-state index is 0.236. The third kappa shape index (κ3) is 3.72. The Morgan fingerprint density at radius 2 is 2.06 bits per heavy atom. The number of nitrogens with zero attached hydrogens (tertiary/aromatic N) is 2. The second-order valence-corrected chi connectivity index (χ2v) is 6.31. The van der Waals surface area contributed by atoms with Gasteiger partial charge in [0.15, 0.2) is 0 Å². The van der Waals surface area contributed by atoms with Crippen molar-refractivity contribution < 1.29 is 0 Å². The van der Waals surface area contributed by atoms with Crippen molar-refractivity contribution in [1.29, 1.82) is 0 Å². The molecule has 0 spiro atoms. The average Bonchev–Trinajstić information content (AvgIpc) is 2.66. The maximum atomic E-state index is 5.79. The molecule has 0 aliphatic carbocycles. The molecule has 2 N–H and O–H groups in total. The van der Waals surface area contributed by atoms with E-state index in [0.717, 1.165) is 13.1 Å². The van der Waals surface area contributed by atoms with E-state index in [1.165, 1.54) is 19.5 Å². The molecule has 1 heterocycles. The van der Waals surface area contributed by atoms with Crippen molar-refractivity contribution in [2.75, 3.05) is 33.2 Å². The van der Waals surface area contributed by atoms with Crippen LogP contribution < -0.4 is 5.73 Å². The number of rotatable bonds is 5. The third-order valence-corrected chi connectivity index (χ3v) is 3.78. The molecular formula is C13H29N3. The molecular weight excluding hydrogens is 198 g/mol. The fourth-order valence-electron chi connectivity index (χ4n) is 2.47. The van der Waals surface area contributed by atoms with Gasteiger partial charge in [0.25, 0.3) is 0 Å². The molecule has 3 heteroatoms. The van der Waals surface area contributed by atoms with Crippen molar-refractivity contribution in [2.45, 2.75) is 46.2 Å². The van der Waals surface area contributed by atoms with Gasteiger partial charge in [-0.15, -0.1) is 0 Å². The lowest BCUT2D eigenvalue weighted by molar-refractivity contribution is 0.158. The van der Waals surface area contributed by atoms with Crippen LogP contribution in [0.15, 0.2) is 0 Å². The Kier molecular flexibility index (Phi) is 4.77. The first kappa shape index (κ1) is 13.9. The standard InChI is InChI=1S/C13H29N3/c1-11(2)16-7-6-12(8-16)15(5)10-13(3,4)9-14/h11-12H,6-10,14H2,1-5H3. The van der Waals surface area contributed by atoms with Crippen LogP contribution in [0.1, 0.15) is 34.1 Å². The van der Waals surface area contributed by atoms with Gasteiger partial charge in [-0.25, -0.2) is 0 Å². The maximum absolute atomic E-state index is 5.79. The second-order valence-electron chi connectivity index (χ2n) is 6.31. The summed E-state index contributed by atoms with van der Waals surface area (Å²) < 4.78 is 0. The summed E-state index contributed by atoms with van der Waals surface area (Å²) in [5, 5.41) is 0. The van der Waals surface area contributed by atoms with Crippen LogP contribution in [0.2, 0.25) is 0 Å². The highest BCUT2D eigenvalue weighted by Crippen LogP contribution is 2.21. The molecule has 0 amide bonds. The first-order chi connectivity index (χ1) is 7.35. The normalized spacial score (nSPS) is 23.6. The van der Waals surface area contributed by atoms with E-state index in [1.54, 1.807) is 0 Å². The van der Waals surface area contributed by atoms with Crippen LogP contribution in [-0.2, 0) is 0 Å². The Hall–Kier alpha value is -0.120. The molecule has 1 fully saturated rings. The van der Waals surface area contributed by atoms with E-state index in [2.05, 4.69) is 44.5 Å². The first-order valence-corrected chi connectivity index (χ1v) is 6.50. The predicted molar refractivity (Wildman–Crippen MR) is 70.6 cm³/mol. The topological polar surface area (TPSA) is 32.5 Å². The molecule has 1 aliphatic rings. The molecule has 1 saturated heterocycles. The fraction of sp³-hybridized carbons (Fsp3) is 1.00. The zero-order valence-corrected chi connectivity index (χ0v) is 11.7. The SMILES string of the molecule is CC(C)N1CCC(N(C)CC(C)(C)CN)C1. The van der Waals surface area contributed by atoms with E-state index in [9.17, 15) is 0 Å². The average molecular weight is 227 g/mol. The Labute approximate surface area is 101 Å². The van der Waals surface area contributed by atoms with Gasteiger partial charge in [-0.2, -0.15) is 0 Å². The van der Waals surface area contributed by atoms with Crippen LogP contribution in [0.4, 0.5) is 0 Å². The van der Waals surface area contributed by atoms with Gasteiger partial charge in [0, 0.05) is 31.7 Å². The minimum absolute atomic E-state index is 0.236. The molecule has 3 nitrogen and oxygen atoms in total. The zero-order valence-electron chi connectivity index (χ0n) is 11.7. The molecule has 0 aromatic heterocycles. The van der Waals surface area contributed by atoms with Crippen molar-refractivity contribution in [1.82, 2.24) is 9.80 Å². The molecule has 16 heavy (non-hydrogen) atoms. The number of nitrogens with two attached hydrogens (primary N) is 1. The molecule has 0 bridgehead atoms. The van der Waals surface area contributed by atoms with Crippen LogP contribution >= 0.6 is 0 Å². The van der Waals surface area contributed by atoms with E-state index >= 15 is 0 Å². The molecule has 1 aliphatic heterocycles. The van der Waals surface area contributed by atoms with Crippen molar-refractivity contribution in [3.8, 4) is 0 Å². The van der Waals surface area contributed by atoms with Gasteiger partial charge >= 0.3 is 0 Å². The molecule has 0 radical (unpaired) electrons. The third-order valence-electron chi connectivity index (χ3n) is 3.78. The van der Waals surface area contributed by atoms with Crippen LogP contribution in [0.5, 0.6) is 0 Å². The summed E-state index contributed by atoms with van der Waals surface area (Å²) in [6.07, 6.45) is 1.30. The minimum Gasteiger partial charge on any atom is -0.330 e. The highest BCUT2D eigenvalue weighted by molar-refractivity contribution is 4.86. The van der Waals surface area contributed by atoms with E-state index in [4.69, 9.17) is 5.73 Å². The molecule has 1 rings (SSSR count). The summed E-state index contributed by atoms with van der Waals surface area (Å²) in [7, 11) is 2.24. The van der Waals surface area contributed by atoms with Crippen LogP contribution in [0.3, 0.4) is 0 Å². The Bertz CT molecular complexity index is 213. The Morgan fingerprint density at radius 1 is 1.44 bits per heavy atom. The molecule has 1 unspecified atom stereocenters. The Balaban J connectivity index is 2.42. The smallest absolute Gasteiger partial charge is 0.0232 e. The lowest BCUT2D eigenvalue weighted by atomic mass is 9.92. The van der Waals surface area contributed by atoms with Gasteiger partial charge in [-0.3, -0.25) is 4.90 Å². The van der Waals surface area contributed by atoms with Gasteiger partial charge in [-0.1, -0.05) is 13.8 Å². The highest BCUT2D eigenvalue weighted by Gasteiger charge is 2.29. The maximum Gasteiger partial charge on any atom is 0.0232 e. The molecule has 96 valence electrons. The highest BCUT2D eigenvalue weighted by atomic mass is 15.3. The van der Waals surface area contributed by atoms with Gasteiger partial charge in [0.1, 0.15) is 0 Å². The summed E-state index contributed by atoms with van der Waals surface area (Å²) in [5.74, 6) is 0. The fourth-order valence-corrected chi connectivity index (χ4v) is 2.47. The predicted octanol–water partition coefficient (Wildman–Crippen LogP) is 1.39. The van der Waals surface area contributed by atoms with E-state index < -0.39 is 0 Å². The first-order valence-electron chi connectivity index (χ1n) is 6.50. The molecule has 0 aromatic rings. The number of hydrogen-bond acceptors (Lipinski definition) is 3. The van der Waals surface area contributed by atoms with Crippen molar-refractivity contribution in [2.24, 2.45) is 11.1 Å². The quantitative estimate of drug-likeness (QED) is 0.770. The number of likely N-dealkylation sites (N-methyl/N-ethyl adjacent to an activating group) is 1. The lowest BCUT2D eigenvalue weighted by Crippen LogP contribution is -2.43. The molecule has 0 saturated carbocycles. The summed E-state index contributed by atoms with van der Waals surface area (Å²) in [6, 6.07) is 1.40. The lowest BCUT2D eigenvalue weighted by Gasteiger charge is -2.33. The Morgan fingerprint density at radius 3 is 2.50 bits per heavy atom. The van der Waals surface area contributed by atoms with Crippen molar-refractivity contribution in [3.05, 3.63) is 0 Å². The summed E-state index contributed by atoms with van der Waals surface area (Å²) in [5.41, 5.74) is 6.03. The van der Waals surface area contributed by atoms with Gasteiger partial charge in [0.2, 0.25) is 0 Å². The van der Waals surface area contributed by atoms with Gasteiger partial charge in [-0.05, 0) is 39.3 Å². The monoisotopic (exact) mass is 227 g/mol. The molecule has 1 atom stereocenters. The summed E-state index contributed by atoms with van der Waals surface area (Å²) in [4.78, 5) is 5.06. The largest absolute Gasteiger partial charge is 0.330 e. The number of likely N-dealkylation sites (tertiary alicyclic amines) is 1. The van der Waals surface area contributed by atoms with Crippen LogP contribution in [0.25, 0.3) is 0 Å². The van der Waals surface area contributed by atoms with E-state index in [1.807, 2.05) is 0 Å². The summed E-state index contributed by atoms with van der Waals surface area (Å²) in [6.45, 7) is 13.4. The zero-order chi connectivity index (χ0) is 12.3. The molecule has 0 aromatic carbocycles. The van der Waals surface area contributed by atoms with E-state index in [0.29, 0.717) is 12.1 Å². The number of hydrogen-bond donors (Lipinski definition) is 1. The van der Waals surface area contributed by atoms with E-state index in [-0.39, 0.29) is 5.41 Å². The van der Waals surface area contributed by atoms with Crippen molar-refractivity contribution >= 4 is 0 Å². The second kappa shape index (κ2) is 5.48. The van der Waals surface area contributed by atoms with Gasteiger partial charge < -0.3 is 10.6 Å². The van der Waals surface area contributed by atoms with Crippen LogP contribution in [0, 0.1) is 5.41 Å². The van der Waals surface area contributed by atoms with Crippen molar-refractivity contribution in [3.63, 3.8) is 0 Å².